The molecule has 1 amide bonds. The summed E-state index contributed by atoms with van der Waals surface area (Å²) >= 11 is 12.1. The van der Waals surface area contributed by atoms with Crippen molar-refractivity contribution in [2.45, 2.75) is 39.3 Å². The third kappa shape index (κ3) is 4.48. The van der Waals surface area contributed by atoms with E-state index in [1.807, 2.05) is 6.07 Å². The van der Waals surface area contributed by atoms with Crippen LogP contribution in [0.2, 0.25) is 10.0 Å². The first-order valence-electron chi connectivity index (χ1n) is 10.4. The summed E-state index contributed by atoms with van der Waals surface area (Å²) in [5.41, 5.74) is 2.83. The van der Waals surface area contributed by atoms with Crippen LogP contribution < -0.4 is 5.32 Å². The van der Waals surface area contributed by atoms with E-state index < -0.39 is 0 Å². The summed E-state index contributed by atoms with van der Waals surface area (Å²) in [4.78, 5) is 20.0. The molecular formula is C23H26Cl2N4O. The molecule has 1 fully saturated rings. The minimum absolute atomic E-state index is 0.0167. The molecule has 1 N–H and O–H groups in total. The van der Waals surface area contributed by atoms with E-state index in [0.29, 0.717) is 21.8 Å². The van der Waals surface area contributed by atoms with Gasteiger partial charge in [0.25, 0.3) is 0 Å². The number of likely N-dealkylation sites (tertiary alicyclic amines) is 1. The van der Waals surface area contributed by atoms with Gasteiger partial charge in [-0.05, 0) is 70.1 Å². The van der Waals surface area contributed by atoms with E-state index in [1.165, 1.54) is 5.52 Å². The summed E-state index contributed by atoms with van der Waals surface area (Å²) in [6.07, 6.45) is 1.64. The van der Waals surface area contributed by atoms with Crippen LogP contribution in [0.4, 0.5) is 5.69 Å². The van der Waals surface area contributed by atoms with E-state index in [4.69, 9.17) is 28.2 Å². The maximum absolute atomic E-state index is 12.7. The first-order chi connectivity index (χ1) is 14.4. The number of nitrogens with zero attached hydrogens (tertiary/aromatic N) is 3. The highest BCUT2D eigenvalue weighted by atomic mass is 35.5. The maximum Gasteiger partial charge on any atom is 0.227 e. The zero-order valence-electron chi connectivity index (χ0n) is 17.2. The Kier molecular flexibility index (Phi) is 6.32. The van der Waals surface area contributed by atoms with E-state index in [9.17, 15) is 4.79 Å². The fourth-order valence-corrected chi connectivity index (χ4v) is 4.62. The molecule has 7 heteroatoms. The van der Waals surface area contributed by atoms with Gasteiger partial charge in [0.05, 0.1) is 28.3 Å². The molecule has 30 heavy (non-hydrogen) atoms. The maximum atomic E-state index is 12.7. The number of anilines is 1. The van der Waals surface area contributed by atoms with Crippen molar-refractivity contribution in [3.05, 3.63) is 58.3 Å². The second-order valence-corrected chi connectivity index (χ2v) is 8.99. The van der Waals surface area contributed by atoms with Gasteiger partial charge >= 0.3 is 0 Å². The Morgan fingerprint density at radius 2 is 1.90 bits per heavy atom. The molecule has 0 unspecified atom stereocenters. The van der Waals surface area contributed by atoms with Crippen LogP contribution in [-0.4, -0.2) is 33.4 Å². The SMILES string of the molecule is CC(C)n1c(CN2CCC(C(=O)Nc3ccc(Cl)cc3Cl)CC2)nc2ccccc21. The number of imidazole rings is 1. The number of aromatic nitrogens is 2. The summed E-state index contributed by atoms with van der Waals surface area (Å²) in [6, 6.07) is 13.7. The molecule has 0 atom stereocenters. The minimum atomic E-state index is -0.0167. The Labute approximate surface area is 187 Å². The van der Waals surface area contributed by atoms with E-state index in [2.05, 4.69) is 46.8 Å². The average molecular weight is 445 g/mol. The van der Waals surface area contributed by atoms with Crippen molar-refractivity contribution in [1.29, 1.82) is 0 Å². The number of benzene rings is 2. The number of carbonyl (C=O) groups is 1. The molecule has 1 aromatic heterocycles. The highest BCUT2D eigenvalue weighted by Crippen LogP contribution is 2.28. The van der Waals surface area contributed by atoms with Gasteiger partial charge in [-0.1, -0.05) is 35.3 Å². The van der Waals surface area contributed by atoms with Gasteiger partial charge in [0, 0.05) is 17.0 Å². The van der Waals surface area contributed by atoms with Crippen LogP contribution in [0.3, 0.4) is 0 Å². The zero-order chi connectivity index (χ0) is 21.3. The molecule has 0 saturated carbocycles. The van der Waals surface area contributed by atoms with E-state index >= 15 is 0 Å². The van der Waals surface area contributed by atoms with Crippen LogP contribution in [0.25, 0.3) is 11.0 Å². The number of amides is 1. The van der Waals surface area contributed by atoms with Crippen molar-refractivity contribution in [1.82, 2.24) is 14.5 Å². The van der Waals surface area contributed by atoms with Gasteiger partial charge in [0.15, 0.2) is 0 Å². The molecule has 0 spiro atoms. The molecule has 3 aromatic rings. The molecular weight excluding hydrogens is 419 g/mol. The zero-order valence-corrected chi connectivity index (χ0v) is 18.7. The van der Waals surface area contributed by atoms with Crippen molar-refractivity contribution < 1.29 is 4.79 Å². The second-order valence-electron chi connectivity index (χ2n) is 8.14. The number of nitrogens with one attached hydrogen (secondary N) is 1. The normalized spacial score (nSPS) is 15.8. The topological polar surface area (TPSA) is 50.2 Å². The number of rotatable bonds is 5. The Morgan fingerprint density at radius 1 is 1.17 bits per heavy atom. The third-order valence-electron chi connectivity index (χ3n) is 5.70. The van der Waals surface area contributed by atoms with Crippen LogP contribution in [-0.2, 0) is 11.3 Å². The lowest BCUT2D eigenvalue weighted by atomic mass is 9.95. The van der Waals surface area contributed by atoms with Crippen molar-refractivity contribution in [3.8, 4) is 0 Å². The lowest BCUT2D eigenvalue weighted by molar-refractivity contribution is -0.121. The number of piperidine rings is 1. The van der Waals surface area contributed by atoms with E-state index in [-0.39, 0.29) is 11.8 Å². The summed E-state index contributed by atoms with van der Waals surface area (Å²) in [6.45, 7) is 6.91. The van der Waals surface area contributed by atoms with Gasteiger partial charge < -0.3 is 9.88 Å². The largest absolute Gasteiger partial charge is 0.325 e. The first kappa shape index (κ1) is 21.2. The molecule has 1 saturated heterocycles. The Morgan fingerprint density at radius 3 is 2.60 bits per heavy atom. The average Bonchev–Trinajstić information content (AvgIpc) is 3.08. The number of fused-ring (bicyclic) bond motifs is 1. The molecule has 1 aliphatic rings. The van der Waals surface area contributed by atoms with Gasteiger partial charge in [-0.3, -0.25) is 9.69 Å². The highest BCUT2D eigenvalue weighted by molar-refractivity contribution is 6.36. The second kappa shape index (κ2) is 8.96. The van der Waals surface area contributed by atoms with Gasteiger partial charge in [-0.15, -0.1) is 0 Å². The highest BCUT2D eigenvalue weighted by Gasteiger charge is 2.26. The lowest BCUT2D eigenvalue weighted by Gasteiger charge is -2.31. The summed E-state index contributed by atoms with van der Waals surface area (Å²) in [5, 5.41) is 3.96. The van der Waals surface area contributed by atoms with Crippen LogP contribution >= 0.6 is 23.2 Å². The van der Waals surface area contributed by atoms with E-state index in [0.717, 1.165) is 43.8 Å². The monoisotopic (exact) mass is 444 g/mol. The summed E-state index contributed by atoms with van der Waals surface area (Å²) in [7, 11) is 0. The van der Waals surface area contributed by atoms with Gasteiger partial charge in [0.2, 0.25) is 5.91 Å². The molecule has 2 aromatic carbocycles. The predicted molar refractivity (Wildman–Crippen MR) is 123 cm³/mol. The molecule has 0 radical (unpaired) electrons. The number of hydrogen-bond acceptors (Lipinski definition) is 3. The van der Waals surface area contributed by atoms with Crippen molar-refractivity contribution in [2.75, 3.05) is 18.4 Å². The van der Waals surface area contributed by atoms with Crippen LogP contribution in [0.1, 0.15) is 38.6 Å². The number of halogens is 2. The molecule has 4 rings (SSSR count). The predicted octanol–water partition coefficient (Wildman–Crippen LogP) is 5.77. The van der Waals surface area contributed by atoms with E-state index in [1.54, 1.807) is 18.2 Å². The number of carbonyl (C=O) groups excluding carboxylic acids is 1. The molecule has 2 heterocycles. The van der Waals surface area contributed by atoms with Crippen molar-refractivity contribution in [3.63, 3.8) is 0 Å². The van der Waals surface area contributed by atoms with Crippen molar-refractivity contribution in [2.24, 2.45) is 5.92 Å². The third-order valence-corrected chi connectivity index (χ3v) is 6.25. The Balaban J connectivity index is 1.39. The number of para-hydroxylation sites is 2. The van der Waals surface area contributed by atoms with Crippen molar-refractivity contribution >= 4 is 45.8 Å². The molecule has 158 valence electrons. The van der Waals surface area contributed by atoms with Crippen LogP contribution in [0.5, 0.6) is 0 Å². The minimum Gasteiger partial charge on any atom is -0.325 e. The lowest BCUT2D eigenvalue weighted by Crippen LogP contribution is -2.38. The molecule has 0 bridgehead atoms. The molecule has 0 aliphatic carbocycles. The van der Waals surface area contributed by atoms with Gasteiger partial charge in [0.1, 0.15) is 5.82 Å². The quantitative estimate of drug-likeness (QED) is 0.542. The van der Waals surface area contributed by atoms with Crippen LogP contribution in [0.15, 0.2) is 42.5 Å². The van der Waals surface area contributed by atoms with Gasteiger partial charge in [-0.2, -0.15) is 0 Å². The summed E-state index contributed by atoms with van der Waals surface area (Å²) in [5.74, 6) is 1.09. The van der Waals surface area contributed by atoms with Gasteiger partial charge in [-0.25, -0.2) is 4.98 Å². The Bertz CT molecular complexity index is 1050. The fourth-order valence-electron chi connectivity index (χ4n) is 4.16. The standard InChI is InChI=1S/C23H26Cl2N4O/c1-15(2)29-21-6-4-3-5-20(21)26-22(29)14-28-11-9-16(10-12-28)23(30)27-19-8-7-17(24)13-18(19)25/h3-8,13,15-16H,9-12,14H2,1-2H3,(H,27,30). The summed E-state index contributed by atoms with van der Waals surface area (Å²) < 4.78 is 2.32. The Hall–Kier alpha value is -2.08. The molecule has 1 aliphatic heterocycles. The first-order valence-corrected chi connectivity index (χ1v) is 11.1. The number of hydrogen-bond donors (Lipinski definition) is 1. The van der Waals surface area contributed by atoms with Crippen LogP contribution in [0, 0.1) is 5.92 Å². The molecule has 5 nitrogen and oxygen atoms in total. The fraction of sp³-hybridized carbons (Fsp3) is 0.391. The smallest absolute Gasteiger partial charge is 0.227 e.